The molecule has 0 bridgehead atoms. The largest absolute Gasteiger partial charge is 0.399 e. The summed E-state index contributed by atoms with van der Waals surface area (Å²) in [5, 5.41) is 4.27. The van der Waals surface area contributed by atoms with Gasteiger partial charge in [-0.3, -0.25) is 0 Å². The van der Waals surface area contributed by atoms with Crippen LogP contribution >= 0.6 is 0 Å². The summed E-state index contributed by atoms with van der Waals surface area (Å²) in [5.74, 6) is 1.64. The van der Waals surface area contributed by atoms with Gasteiger partial charge in [0, 0.05) is 24.2 Å². The molecular formula is C14H18N4O. The summed E-state index contributed by atoms with van der Waals surface area (Å²) in [6.45, 7) is 2.35. The lowest BCUT2D eigenvalue weighted by molar-refractivity contribution is 0.134. The van der Waals surface area contributed by atoms with E-state index < -0.39 is 0 Å². The molecule has 1 saturated carbocycles. The van der Waals surface area contributed by atoms with Crippen molar-refractivity contribution in [2.75, 3.05) is 30.8 Å². The molecule has 1 aliphatic rings. The average molecular weight is 258 g/mol. The molecule has 1 fully saturated rings. The van der Waals surface area contributed by atoms with Crippen LogP contribution in [-0.2, 0) is 4.74 Å². The maximum atomic E-state index is 5.75. The maximum absolute atomic E-state index is 5.75. The highest BCUT2D eigenvalue weighted by Crippen LogP contribution is 2.28. The number of hydrogen-bond donors (Lipinski definition) is 2. The minimum atomic E-state index is 0.705. The van der Waals surface area contributed by atoms with Gasteiger partial charge >= 0.3 is 0 Å². The first-order chi connectivity index (χ1) is 9.33. The van der Waals surface area contributed by atoms with Gasteiger partial charge in [-0.2, -0.15) is 0 Å². The number of nitrogens with two attached hydrogens (primary N) is 1. The number of benzene rings is 1. The molecule has 0 atom stereocenters. The first-order valence-electron chi connectivity index (χ1n) is 6.65. The number of anilines is 2. The fourth-order valence-electron chi connectivity index (χ4n) is 1.99. The molecule has 5 nitrogen and oxygen atoms in total. The molecule has 3 N–H and O–H groups in total. The Labute approximate surface area is 112 Å². The summed E-state index contributed by atoms with van der Waals surface area (Å²) in [7, 11) is 0. The van der Waals surface area contributed by atoms with Gasteiger partial charge in [0.05, 0.1) is 12.1 Å². The highest BCUT2D eigenvalue weighted by atomic mass is 16.5. The van der Waals surface area contributed by atoms with E-state index in [-0.39, 0.29) is 0 Å². The maximum Gasteiger partial charge on any atom is 0.137 e. The second-order valence-electron chi connectivity index (χ2n) is 4.94. The van der Waals surface area contributed by atoms with Gasteiger partial charge in [0.1, 0.15) is 12.1 Å². The van der Waals surface area contributed by atoms with E-state index in [1.807, 2.05) is 18.2 Å². The van der Waals surface area contributed by atoms with Crippen molar-refractivity contribution in [3.8, 4) is 0 Å². The summed E-state index contributed by atoms with van der Waals surface area (Å²) in [6.07, 6.45) is 4.20. The quantitative estimate of drug-likeness (QED) is 0.613. The minimum absolute atomic E-state index is 0.705. The van der Waals surface area contributed by atoms with E-state index in [1.165, 1.54) is 12.8 Å². The van der Waals surface area contributed by atoms with Crippen LogP contribution in [0.3, 0.4) is 0 Å². The lowest BCUT2D eigenvalue weighted by Crippen LogP contribution is -2.12. The number of ether oxygens (including phenoxy) is 1. The lowest BCUT2D eigenvalue weighted by atomic mass is 10.2. The number of nitrogens with one attached hydrogen (secondary N) is 1. The van der Waals surface area contributed by atoms with Gasteiger partial charge in [-0.05, 0) is 37.0 Å². The molecule has 1 aromatic heterocycles. The summed E-state index contributed by atoms with van der Waals surface area (Å²) >= 11 is 0. The molecule has 3 rings (SSSR count). The van der Waals surface area contributed by atoms with E-state index >= 15 is 0 Å². The van der Waals surface area contributed by atoms with Gasteiger partial charge in [-0.25, -0.2) is 9.97 Å². The predicted molar refractivity (Wildman–Crippen MR) is 76.0 cm³/mol. The van der Waals surface area contributed by atoms with Crippen LogP contribution in [0.4, 0.5) is 11.5 Å². The van der Waals surface area contributed by atoms with E-state index in [0.717, 1.165) is 35.8 Å². The summed E-state index contributed by atoms with van der Waals surface area (Å²) < 4.78 is 5.58. The van der Waals surface area contributed by atoms with E-state index in [9.17, 15) is 0 Å². The molecule has 1 heterocycles. The third-order valence-corrected chi connectivity index (χ3v) is 3.25. The monoisotopic (exact) mass is 258 g/mol. The SMILES string of the molecule is Nc1ccc2c(NCCOCC3CC3)ncnc2c1. The molecule has 0 radical (unpaired) electrons. The van der Waals surface area contributed by atoms with E-state index in [2.05, 4.69) is 15.3 Å². The zero-order valence-corrected chi connectivity index (χ0v) is 10.8. The molecule has 0 aliphatic heterocycles. The topological polar surface area (TPSA) is 73.1 Å². The van der Waals surface area contributed by atoms with Gasteiger partial charge in [-0.1, -0.05) is 0 Å². The Bertz CT molecular complexity index is 568. The zero-order chi connectivity index (χ0) is 13.1. The van der Waals surface area contributed by atoms with Crippen molar-refractivity contribution in [1.29, 1.82) is 0 Å². The molecule has 100 valence electrons. The second-order valence-corrected chi connectivity index (χ2v) is 4.94. The van der Waals surface area contributed by atoms with Crippen molar-refractivity contribution < 1.29 is 4.74 Å². The number of nitrogen functional groups attached to an aromatic ring is 1. The Kier molecular flexibility index (Phi) is 3.46. The molecule has 0 spiro atoms. The predicted octanol–water partition coefficient (Wildman–Crippen LogP) is 2.05. The minimum Gasteiger partial charge on any atom is -0.399 e. The second kappa shape index (κ2) is 5.40. The number of rotatable bonds is 6. The van der Waals surface area contributed by atoms with Crippen LogP contribution in [0.5, 0.6) is 0 Å². The van der Waals surface area contributed by atoms with Crippen molar-refractivity contribution in [1.82, 2.24) is 9.97 Å². The Morgan fingerprint density at radius 2 is 2.21 bits per heavy atom. The smallest absolute Gasteiger partial charge is 0.137 e. The van der Waals surface area contributed by atoms with E-state index in [1.54, 1.807) is 6.33 Å². The van der Waals surface area contributed by atoms with Gasteiger partial charge in [-0.15, -0.1) is 0 Å². The third kappa shape index (κ3) is 3.12. The van der Waals surface area contributed by atoms with Crippen LogP contribution in [0, 0.1) is 5.92 Å². The Morgan fingerprint density at radius 3 is 3.05 bits per heavy atom. The lowest BCUT2D eigenvalue weighted by Gasteiger charge is -2.09. The third-order valence-electron chi connectivity index (χ3n) is 3.25. The molecule has 0 saturated heterocycles. The van der Waals surface area contributed by atoms with Gasteiger partial charge < -0.3 is 15.8 Å². The van der Waals surface area contributed by atoms with E-state index in [0.29, 0.717) is 12.3 Å². The van der Waals surface area contributed by atoms with Crippen molar-refractivity contribution in [2.45, 2.75) is 12.8 Å². The van der Waals surface area contributed by atoms with Crippen molar-refractivity contribution >= 4 is 22.4 Å². The van der Waals surface area contributed by atoms with Gasteiger partial charge in [0.15, 0.2) is 0 Å². The summed E-state index contributed by atoms with van der Waals surface area (Å²) in [5.41, 5.74) is 7.32. The summed E-state index contributed by atoms with van der Waals surface area (Å²) in [6, 6.07) is 5.66. The first kappa shape index (κ1) is 12.2. The fraction of sp³-hybridized carbons (Fsp3) is 0.429. The normalized spacial score (nSPS) is 14.7. The van der Waals surface area contributed by atoms with Crippen LogP contribution < -0.4 is 11.1 Å². The number of fused-ring (bicyclic) bond motifs is 1. The van der Waals surface area contributed by atoms with Crippen molar-refractivity contribution in [3.05, 3.63) is 24.5 Å². The van der Waals surface area contributed by atoms with Crippen LogP contribution in [0.15, 0.2) is 24.5 Å². The van der Waals surface area contributed by atoms with Crippen molar-refractivity contribution in [3.63, 3.8) is 0 Å². The Hall–Kier alpha value is -1.88. The number of nitrogens with zero attached hydrogens (tertiary/aromatic N) is 2. The zero-order valence-electron chi connectivity index (χ0n) is 10.8. The van der Waals surface area contributed by atoms with Crippen LogP contribution in [-0.4, -0.2) is 29.7 Å². The number of hydrogen-bond acceptors (Lipinski definition) is 5. The molecule has 0 amide bonds. The molecule has 0 unspecified atom stereocenters. The average Bonchev–Trinajstić information content (AvgIpc) is 3.22. The van der Waals surface area contributed by atoms with E-state index in [4.69, 9.17) is 10.5 Å². The first-order valence-corrected chi connectivity index (χ1v) is 6.65. The van der Waals surface area contributed by atoms with Crippen LogP contribution in [0.25, 0.3) is 10.9 Å². The highest BCUT2D eigenvalue weighted by molar-refractivity contribution is 5.90. The number of aromatic nitrogens is 2. The van der Waals surface area contributed by atoms with Gasteiger partial charge in [0.25, 0.3) is 0 Å². The molecule has 2 aromatic rings. The standard InChI is InChI=1S/C14H18N4O/c15-11-3-4-12-13(7-11)17-9-18-14(12)16-5-6-19-8-10-1-2-10/h3-4,7,9-10H,1-2,5-6,8,15H2,(H,16,17,18). The Morgan fingerprint density at radius 1 is 1.32 bits per heavy atom. The Balaban J connectivity index is 1.60. The van der Waals surface area contributed by atoms with Gasteiger partial charge in [0.2, 0.25) is 0 Å². The van der Waals surface area contributed by atoms with Crippen molar-refractivity contribution in [2.24, 2.45) is 5.92 Å². The fourth-order valence-corrected chi connectivity index (χ4v) is 1.99. The highest BCUT2D eigenvalue weighted by Gasteiger charge is 2.20. The molecule has 5 heteroatoms. The summed E-state index contributed by atoms with van der Waals surface area (Å²) in [4.78, 5) is 8.48. The molecule has 1 aromatic carbocycles. The van der Waals surface area contributed by atoms with Crippen LogP contribution in [0.1, 0.15) is 12.8 Å². The molecule has 19 heavy (non-hydrogen) atoms. The molecule has 1 aliphatic carbocycles. The van der Waals surface area contributed by atoms with Crippen LogP contribution in [0.2, 0.25) is 0 Å². The molecular weight excluding hydrogens is 240 g/mol.